The summed E-state index contributed by atoms with van der Waals surface area (Å²) >= 11 is 0. The lowest BCUT2D eigenvalue weighted by Crippen LogP contribution is -2.64. The molecular formula is C18H21NO3. The topological polar surface area (TPSA) is 41.9 Å². The molecule has 2 aliphatic heterocycles. The van der Waals surface area contributed by atoms with E-state index < -0.39 is 30.6 Å². The minimum atomic E-state index is -2.59. The van der Waals surface area contributed by atoms with Gasteiger partial charge in [-0.25, -0.2) is 0 Å². The number of rotatable bonds is 2. The summed E-state index contributed by atoms with van der Waals surface area (Å²) in [4.78, 5) is 2.22. The molecule has 2 bridgehead atoms. The van der Waals surface area contributed by atoms with E-state index in [4.69, 9.17) is 20.1 Å². The smallest absolute Gasteiger partial charge is 0.211 e. The van der Waals surface area contributed by atoms with E-state index in [1.54, 1.807) is 12.1 Å². The van der Waals surface area contributed by atoms with E-state index in [9.17, 15) is 1.37 Å². The number of likely N-dealkylation sites (tertiary alicyclic amines) is 1. The zero-order chi connectivity index (χ0) is 19.2. The molecule has 5 rings (SSSR count). The first-order valence-electron chi connectivity index (χ1n) is 10.2. The number of aliphatic hydroxyl groups excluding tert-OH is 1. The van der Waals surface area contributed by atoms with Crippen LogP contribution in [0.25, 0.3) is 0 Å². The van der Waals surface area contributed by atoms with Crippen molar-refractivity contribution in [1.82, 2.24) is 4.90 Å². The van der Waals surface area contributed by atoms with Crippen molar-refractivity contribution >= 4 is 0 Å². The maximum absolute atomic E-state index is 9.45. The van der Waals surface area contributed by atoms with E-state index in [1.807, 2.05) is 19.2 Å². The van der Waals surface area contributed by atoms with Crippen LogP contribution in [0, 0.1) is 5.89 Å². The molecule has 5 atom stereocenters. The van der Waals surface area contributed by atoms with Crippen molar-refractivity contribution in [2.75, 3.05) is 20.6 Å². The average molecular weight is 304 g/mol. The van der Waals surface area contributed by atoms with Gasteiger partial charge in [0.15, 0.2) is 11.5 Å². The third-order valence-corrected chi connectivity index (χ3v) is 5.94. The van der Waals surface area contributed by atoms with Crippen LogP contribution in [0.4, 0.5) is 0 Å². The minimum Gasteiger partial charge on any atom is -0.493 e. The third-order valence-electron chi connectivity index (χ3n) is 5.94. The van der Waals surface area contributed by atoms with Crippen LogP contribution >= 0.6 is 0 Å². The fourth-order valence-corrected chi connectivity index (χ4v) is 4.97. The number of hydrogen-bond donors (Lipinski definition) is 1. The molecule has 1 N–H and O–H groups in total. The van der Waals surface area contributed by atoms with Crippen LogP contribution in [0.15, 0.2) is 24.3 Å². The van der Waals surface area contributed by atoms with Crippen LogP contribution in [0.3, 0.4) is 0 Å². The fraction of sp³-hybridized carbons (Fsp3) is 0.556. The van der Waals surface area contributed by atoms with Crippen molar-refractivity contribution in [3.63, 3.8) is 0 Å². The van der Waals surface area contributed by atoms with E-state index in [-0.39, 0.29) is 11.8 Å². The number of ether oxygens (including phenoxy) is 2. The highest BCUT2D eigenvalue weighted by atomic mass is 16.5. The lowest BCUT2D eigenvalue weighted by molar-refractivity contribution is -0.0453. The van der Waals surface area contributed by atoms with Crippen LogP contribution in [-0.4, -0.2) is 50.3 Å². The molecule has 116 valence electrons. The second kappa shape index (κ2) is 4.06. The lowest BCUT2D eigenvalue weighted by atomic mass is 9.53. The Morgan fingerprint density at radius 1 is 1.55 bits per heavy atom. The molecule has 0 aromatic heterocycles. The van der Waals surface area contributed by atoms with Crippen molar-refractivity contribution in [2.24, 2.45) is 5.89 Å². The van der Waals surface area contributed by atoms with Gasteiger partial charge in [-0.2, -0.15) is 0 Å². The molecule has 2 unspecified atom stereocenters. The maximum Gasteiger partial charge on any atom is 0.211 e. The molecule has 0 saturated carbocycles. The number of piperidine rings is 1. The van der Waals surface area contributed by atoms with Gasteiger partial charge in [0.05, 0.1) is 11.2 Å². The summed E-state index contributed by atoms with van der Waals surface area (Å²) in [6.07, 6.45) is 3.80. The van der Waals surface area contributed by atoms with Gasteiger partial charge in [-0.3, -0.25) is 0 Å². The standard InChI is InChI=1S/C18H21NO3/c1-19-8-7-18-11-4-5-13(20)17(18)22-16-14(21-2)6-3-10(15(16)18)9-12(11)19/h3-6,11-13,17,20H,7-9H2,1-2H3/t11-,12+,13?,17?,18-/m0/s1/i2D3,11D,20D. The van der Waals surface area contributed by atoms with E-state index in [2.05, 4.69) is 4.90 Å². The van der Waals surface area contributed by atoms with Crippen molar-refractivity contribution in [2.45, 2.75) is 36.5 Å². The summed E-state index contributed by atoms with van der Waals surface area (Å²) in [6.45, 7) is 0.799. The molecule has 4 nitrogen and oxygen atoms in total. The minimum absolute atomic E-state index is 0.0203. The zero-order valence-corrected chi connectivity index (χ0v) is 12.3. The first kappa shape index (κ1) is 8.94. The van der Waals surface area contributed by atoms with Gasteiger partial charge < -0.3 is 19.5 Å². The number of aliphatic hydroxyl groups is 1. The molecule has 4 aliphatic rings. The van der Waals surface area contributed by atoms with Gasteiger partial charge in [-0.1, -0.05) is 18.2 Å². The van der Waals surface area contributed by atoms with E-state index in [0.717, 1.165) is 17.7 Å². The first-order chi connectivity index (χ1) is 12.7. The molecule has 4 heteroatoms. The molecule has 0 radical (unpaired) electrons. The van der Waals surface area contributed by atoms with Crippen LogP contribution < -0.4 is 9.47 Å². The molecule has 2 heterocycles. The van der Waals surface area contributed by atoms with Crippen molar-refractivity contribution in [1.29, 1.82) is 1.43 Å². The van der Waals surface area contributed by atoms with Gasteiger partial charge in [0, 0.05) is 24.3 Å². The van der Waals surface area contributed by atoms with Crippen molar-refractivity contribution in [3.05, 3.63) is 35.4 Å². The zero-order valence-electron chi connectivity index (χ0n) is 17.3. The maximum atomic E-state index is 9.45. The first-order valence-corrected chi connectivity index (χ1v) is 7.75. The van der Waals surface area contributed by atoms with E-state index in [0.29, 0.717) is 18.6 Å². The molecule has 1 aromatic carbocycles. The molecule has 22 heavy (non-hydrogen) atoms. The Morgan fingerprint density at radius 3 is 3.36 bits per heavy atom. The van der Waals surface area contributed by atoms with E-state index in [1.165, 1.54) is 0 Å². The van der Waals surface area contributed by atoms with E-state index >= 15 is 0 Å². The summed E-state index contributed by atoms with van der Waals surface area (Å²) in [6, 6.07) is 3.52. The van der Waals surface area contributed by atoms with Gasteiger partial charge in [0.2, 0.25) is 1.43 Å². The Kier molecular flexibility index (Phi) is 1.65. The van der Waals surface area contributed by atoms with Crippen LogP contribution in [-0.2, 0) is 11.8 Å². The van der Waals surface area contributed by atoms with Gasteiger partial charge in [0.1, 0.15) is 12.2 Å². The van der Waals surface area contributed by atoms with Crippen LogP contribution in [0.1, 0.15) is 23.0 Å². The predicted octanol–water partition coefficient (Wildman–Crippen LogP) is 1.50. The van der Waals surface area contributed by atoms with Crippen molar-refractivity contribution < 1.29 is 20.1 Å². The third kappa shape index (κ3) is 1.28. The molecule has 2 aliphatic carbocycles. The number of hydrogen-bond acceptors (Lipinski definition) is 4. The molecule has 1 aromatic rings. The lowest BCUT2D eigenvalue weighted by Gasteiger charge is -2.56. The van der Waals surface area contributed by atoms with Gasteiger partial charge in [-0.15, -0.1) is 0 Å². The molecule has 0 amide bonds. The van der Waals surface area contributed by atoms with Gasteiger partial charge >= 0.3 is 0 Å². The average Bonchev–Trinajstić information content (AvgIpc) is 2.94. The Hall–Kier alpha value is -1.52. The molecule has 1 fully saturated rings. The number of nitrogens with zero attached hydrogens (tertiary/aromatic N) is 1. The fourth-order valence-electron chi connectivity index (χ4n) is 4.97. The normalized spacial score (nSPS) is 48.2. The van der Waals surface area contributed by atoms with Crippen LogP contribution in [0.2, 0.25) is 0 Å². The number of methoxy groups -OCH3 is 1. The Balaban J connectivity index is 1.77. The summed E-state index contributed by atoms with van der Waals surface area (Å²) in [5.41, 5.74) is 1.26. The number of likely N-dealkylation sites (N-methyl/N-ethyl adjacent to an activating group) is 1. The number of benzene rings is 1. The van der Waals surface area contributed by atoms with Crippen LogP contribution in [0.5, 0.6) is 11.5 Å². The SMILES string of the molecule is [2H]OC1C=C[C@@]2([2H])[C@H]3Cc4ccc(OC([2H])([2H])[2H])c5c4[C@@]2(CCN3C)C1O5. The predicted molar refractivity (Wildman–Crippen MR) is 82.5 cm³/mol. The highest BCUT2D eigenvalue weighted by Gasteiger charge is 2.64. The monoisotopic (exact) mass is 304 g/mol. The largest absolute Gasteiger partial charge is 0.493 e. The molecular weight excluding hydrogens is 278 g/mol. The Labute approximate surface area is 137 Å². The Morgan fingerprint density at radius 2 is 2.50 bits per heavy atom. The molecule has 1 spiro atoms. The summed E-state index contributed by atoms with van der Waals surface area (Å²) < 4.78 is 50.8. The highest BCUT2D eigenvalue weighted by molar-refractivity contribution is 5.62. The van der Waals surface area contributed by atoms with Gasteiger partial charge in [0.25, 0.3) is 0 Å². The summed E-state index contributed by atoms with van der Waals surface area (Å²) in [7, 11) is -0.553. The second-order valence-corrected chi connectivity index (χ2v) is 6.77. The van der Waals surface area contributed by atoms with Gasteiger partial charge in [-0.05, 0) is 38.1 Å². The second-order valence-electron chi connectivity index (χ2n) is 6.77. The Bertz CT molecular complexity index is 843. The van der Waals surface area contributed by atoms with Crippen molar-refractivity contribution in [3.8, 4) is 11.5 Å². The quantitative estimate of drug-likeness (QED) is 0.841. The summed E-state index contributed by atoms with van der Waals surface area (Å²) in [5.74, 6) is -0.365. The summed E-state index contributed by atoms with van der Waals surface area (Å²) in [5, 5.41) is 4.94. The highest BCUT2D eigenvalue weighted by Crippen LogP contribution is 2.62. The molecule has 1 saturated heterocycles.